The van der Waals surface area contributed by atoms with Gasteiger partial charge in [-0.3, -0.25) is 9.59 Å². The van der Waals surface area contributed by atoms with Gasteiger partial charge in [0.2, 0.25) is 5.91 Å². The zero-order chi connectivity index (χ0) is 25.0. The molecule has 7 nitrogen and oxygen atoms in total. The number of benzene rings is 2. The molecule has 0 atom stereocenters. The predicted octanol–water partition coefficient (Wildman–Crippen LogP) is 4.35. The minimum atomic E-state index is -0.200. The van der Waals surface area contributed by atoms with Crippen molar-refractivity contribution in [2.45, 2.75) is 26.3 Å². The first-order valence-electron chi connectivity index (χ1n) is 11.8. The van der Waals surface area contributed by atoms with Gasteiger partial charge in [0, 0.05) is 32.4 Å². The van der Waals surface area contributed by atoms with Gasteiger partial charge in [0.15, 0.2) is 0 Å². The second-order valence-electron chi connectivity index (χ2n) is 8.36. The van der Waals surface area contributed by atoms with E-state index in [2.05, 4.69) is 0 Å². The highest BCUT2D eigenvalue weighted by Gasteiger charge is 2.23. The van der Waals surface area contributed by atoms with E-state index in [1.165, 1.54) is 0 Å². The summed E-state index contributed by atoms with van der Waals surface area (Å²) in [5.41, 5.74) is 1.65. The molecule has 3 rings (SSSR count). The van der Waals surface area contributed by atoms with E-state index in [4.69, 9.17) is 13.9 Å². The molecule has 0 aliphatic carbocycles. The van der Waals surface area contributed by atoms with E-state index in [9.17, 15) is 9.59 Å². The number of furan rings is 1. The van der Waals surface area contributed by atoms with E-state index in [0.29, 0.717) is 50.4 Å². The lowest BCUT2D eigenvalue weighted by atomic mass is 10.1. The Balaban J connectivity index is 1.75. The van der Waals surface area contributed by atoms with Gasteiger partial charge in [0.1, 0.15) is 23.8 Å². The number of carbonyl (C=O) groups excluding carboxylic acids is 2. The zero-order valence-electron chi connectivity index (χ0n) is 20.7. The molecule has 35 heavy (non-hydrogen) atoms. The molecule has 1 heterocycles. The molecule has 0 bridgehead atoms. The van der Waals surface area contributed by atoms with Crippen LogP contribution in [0.5, 0.6) is 5.75 Å². The monoisotopic (exact) mass is 478 g/mol. The summed E-state index contributed by atoms with van der Waals surface area (Å²) in [6, 6.07) is 20.7. The minimum Gasteiger partial charge on any atom is -0.497 e. The fourth-order valence-corrected chi connectivity index (χ4v) is 3.79. The summed E-state index contributed by atoms with van der Waals surface area (Å²) in [6.07, 6.45) is 1.34. The summed E-state index contributed by atoms with van der Waals surface area (Å²) in [7, 11) is 3.20. The molecule has 0 N–H and O–H groups in total. The second kappa shape index (κ2) is 13.3. The van der Waals surface area contributed by atoms with Crippen molar-refractivity contribution in [1.82, 2.24) is 9.80 Å². The van der Waals surface area contributed by atoms with E-state index in [0.717, 1.165) is 17.1 Å². The van der Waals surface area contributed by atoms with Gasteiger partial charge < -0.3 is 23.7 Å². The summed E-state index contributed by atoms with van der Waals surface area (Å²) >= 11 is 0. The Kier molecular flexibility index (Phi) is 9.93. The van der Waals surface area contributed by atoms with Gasteiger partial charge in [-0.2, -0.15) is 0 Å². The zero-order valence-corrected chi connectivity index (χ0v) is 20.7. The lowest BCUT2D eigenvalue weighted by Crippen LogP contribution is -2.44. The molecule has 3 aromatic rings. The number of hydrogen-bond acceptors (Lipinski definition) is 5. The molecule has 0 aliphatic rings. The number of hydrogen-bond donors (Lipinski definition) is 0. The number of ether oxygens (including phenoxy) is 2. The molecule has 1 aromatic heterocycles. The van der Waals surface area contributed by atoms with E-state index >= 15 is 0 Å². The van der Waals surface area contributed by atoms with Gasteiger partial charge in [0.05, 0.1) is 13.7 Å². The van der Waals surface area contributed by atoms with E-state index in [1.807, 2.05) is 49.4 Å². The maximum Gasteiger partial charge on any atom is 0.254 e. The van der Waals surface area contributed by atoms with Crippen molar-refractivity contribution in [2.75, 3.05) is 40.5 Å². The Morgan fingerprint density at radius 3 is 2.26 bits per heavy atom. The SMILES string of the molecule is COCCCN(CC(=O)N(CCc1ccccc1)Cc1ccc(C)o1)C(=O)c1ccc(OC)cc1. The van der Waals surface area contributed by atoms with Crippen molar-refractivity contribution in [3.8, 4) is 5.75 Å². The molecular formula is C28H34N2O5. The summed E-state index contributed by atoms with van der Waals surface area (Å²) in [6.45, 7) is 3.64. The quantitative estimate of drug-likeness (QED) is 0.342. The molecule has 2 aromatic carbocycles. The number of rotatable bonds is 13. The first-order chi connectivity index (χ1) is 17.0. The van der Waals surface area contributed by atoms with Crippen molar-refractivity contribution in [3.05, 3.63) is 89.4 Å². The van der Waals surface area contributed by atoms with Crippen LogP contribution in [0.2, 0.25) is 0 Å². The molecule has 0 aliphatic heterocycles. The average molecular weight is 479 g/mol. The van der Waals surface area contributed by atoms with Crippen LogP contribution in [-0.4, -0.2) is 62.1 Å². The fraction of sp³-hybridized carbons (Fsp3) is 0.357. The van der Waals surface area contributed by atoms with Crippen molar-refractivity contribution < 1.29 is 23.5 Å². The number of aryl methyl sites for hydroxylation is 1. The Morgan fingerprint density at radius 1 is 0.886 bits per heavy atom. The van der Waals surface area contributed by atoms with Gasteiger partial charge in [-0.1, -0.05) is 30.3 Å². The number of methoxy groups -OCH3 is 2. The lowest BCUT2D eigenvalue weighted by molar-refractivity contribution is -0.132. The standard InChI is InChI=1S/C28H34N2O5/c1-22-10-13-26(35-22)20-29(18-16-23-8-5-4-6-9-23)27(31)21-30(17-7-19-33-2)28(32)24-11-14-25(34-3)15-12-24/h4-6,8-15H,7,16-21H2,1-3H3. The van der Waals surface area contributed by atoms with Crippen molar-refractivity contribution in [2.24, 2.45) is 0 Å². The highest BCUT2D eigenvalue weighted by Crippen LogP contribution is 2.15. The van der Waals surface area contributed by atoms with E-state index in [-0.39, 0.29) is 18.4 Å². The Labute approximate surface area is 207 Å². The van der Waals surface area contributed by atoms with Crippen LogP contribution >= 0.6 is 0 Å². The average Bonchev–Trinajstić information content (AvgIpc) is 3.30. The number of amides is 2. The van der Waals surface area contributed by atoms with Crippen LogP contribution in [0.3, 0.4) is 0 Å². The molecule has 186 valence electrons. The van der Waals surface area contributed by atoms with Crippen LogP contribution in [0.15, 0.2) is 71.1 Å². The largest absolute Gasteiger partial charge is 0.497 e. The van der Waals surface area contributed by atoms with Crippen molar-refractivity contribution >= 4 is 11.8 Å². The molecule has 7 heteroatoms. The highest BCUT2D eigenvalue weighted by molar-refractivity contribution is 5.96. The molecule has 0 unspecified atom stereocenters. The first kappa shape index (κ1) is 26.0. The van der Waals surface area contributed by atoms with Crippen LogP contribution in [-0.2, 0) is 22.5 Å². The van der Waals surface area contributed by atoms with Crippen LogP contribution in [0.25, 0.3) is 0 Å². The molecule has 0 fully saturated rings. The minimum absolute atomic E-state index is 0.0247. The van der Waals surface area contributed by atoms with Gasteiger partial charge in [-0.15, -0.1) is 0 Å². The van der Waals surface area contributed by atoms with Crippen LogP contribution in [0.1, 0.15) is 33.9 Å². The molecule has 2 amide bonds. The maximum atomic E-state index is 13.5. The Hall–Kier alpha value is -3.58. The van der Waals surface area contributed by atoms with Crippen LogP contribution < -0.4 is 4.74 Å². The molecule has 0 spiro atoms. The highest BCUT2D eigenvalue weighted by atomic mass is 16.5. The summed E-state index contributed by atoms with van der Waals surface area (Å²) < 4.78 is 16.1. The molecule has 0 saturated heterocycles. The molecular weight excluding hydrogens is 444 g/mol. The van der Waals surface area contributed by atoms with Crippen LogP contribution in [0.4, 0.5) is 0 Å². The topological polar surface area (TPSA) is 72.2 Å². The van der Waals surface area contributed by atoms with Gasteiger partial charge >= 0.3 is 0 Å². The number of nitrogens with zero attached hydrogens (tertiary/aromatic N) is 2. The maximum absolute atomic E-state index is 13.5. The van der Waals surface area contributed by atoms with E-state index < -0.39 is 0 Å². The summed E-state index contributed by atoms with van der Waals surface area (Å²) in [5.74, 6) is 1.86. The van der Waals surface area contributed by atoms with Gasteiger partial charge in [0.25, 0.3) is 5.91 Å². The summed E-state index contributed by atoms with van der Waals surface area (Å²) in [5, 5.41) is 0. The summed E-state index contributed by atoms with van der Waals surface area (Å²) in [4.78, 5) is 30.1. The third kappa shape index (κ3) is 8.00. The van der Waals surface area contributed by atoms with Crippen molar-refractivity contribution in [3.63, 3.8) is 0 Å². The van der Waals surface area contributed by atoms with Gasteiger partial charge in [-0.05, 0) is 61.7 Å². The van der Waals surface area contributed by atoms with Crippen LogP contribution in [0, 0.1) is 6.92 Å². The Bertz CT molecular complexity index is 1060. The third-order valence-corrected chi connectivity index (χ3v) is 5.74. The fourth-order valence-electron chi connectivity index (χ4n) is 3.79. The predicted molar refractivity (Wildman–Crippen MR) is 134 cm³/mol. The second-order valence-corrected chi connectivity index (χ2v) is 8.36. The lowest BCUT2D eigenvalue weighted by Gasteiger charge is -2.27. The Morgan fingerprint density at radius 2 is 1.63 bits per heavy atom. The molecule has 0 saturated carbocycles. The third-order valence-electron chi connectivity index (χ3n) is 5.74. The van der Waals surface area contributed by atoms with Gasteiger partial charge in [-0.25, -0.2) is 0 Å². The smallest absolute Gasteiger partial charge is 0.254 e. The van der Waals surface area contributed by atoms with E-state index in [1.54, 1.807) is 48.3 Å². The molecule has 0 radical (unpaired) electrons. The first-order valence-corrected chi connectivity index (χ1v) is 11.8. The normalized spacial score (nSPS) is 10.7. The number of carbonyl (C=O) groups is 2. The van der Waals surface area contributed by atoms with Crippen molar-refractivity contribution in [1.29, 1.82) is 0 Å².